The summed E-state index contributed by atoms with van der Waals surface area (Å²) in [6.45, 7) is 1.27. The van der Waals surface area contributed by atoms with Gasteiger partial charge in [0.25, 0.3) is 5.91 Å². The Labute approximate surface area is 118 Å². The summed E-state index contributed by atoms with van der Waals surface area (Å²) in [5.41, 5.74) is 0.658. The smallest absolute Gasteiger partial charge is 0.253 e. The van der Waals surface area contributed by atoms with Crippen LogP contribution < -0.4 is 5.32 Å². The molecular formula is C14H18N2O2S. The van der Waals surface area contributed by atoms with Crippen LogP contribution in [0.1, 0.15) is 23.2 Å². The molecule has 2 rings (SSSR count). The Bertz CT molecular complexity index is 482. The second-order valence-corrected chi connectivity index (χ2v) is 5.25. The average Bonchev–Trinajstić information content (AvgIpc) is 2.46. The second-order valence-electron chi connectivity index (χ2n) is 4.73. The van der Waals surface area contributed by atoms with E-state index in [1.54, 1.807) is 19.2 Å². The minimum atomic E-state index is 0.0197. The van der Waals surface area contributed by atoms with E-state index >= 15 is 0 Å². The standard InChI is InChI=1S/C14H18N2O2S/c1-15-13(17)10-5-7-16(8-6-10)14(18)11-3-2-4-12(19)9-11/h2-4,9-10,19H,5-8H2,1H3,(H,15,17). The van der Waals surface area contributed by atoms with Crippen LogP contribution in [-0.4, -0.2) is 36.9 Å². The molecule has 0 aliphatic carbocycles. The van der Waals surface area contributed by atoms with E-state index in [2.05, 4.69) is 17.9 Å². The molecule has 1 heterocycles. The molecule has 4 nitrogen and oxygen atoms in total. The van der Waals surface area contributed by atoms with E-state index in [1.807, 2.05) is 17.0 Å². The summed E-state index contributed by atoms with van der Waals surface area (Å²) in [7, 11) is 1.65. The Morgan fingerprint density at radius 3 is 2.58 bits per heavy atom. The zero-order valence-corrected chi connectivity index (χ0v) is 11.8. The molecule has 0 atom stereocenters. The molecule has 0 aromatic heterocycles. The fraction of sp³-hybridized carbons (Fsp3) is 0.429. The fourth-order valence-corrected chi connectivity index (χ4v) is 2.60. The molecule has 0 radical (unpaired) electrons. The molecule has 0 bridgehead atoms. The van der Waals surface area contributed by atoms with Crippen molar-refractivity contribution in [3.05, 3.63) is 29.8 Å². The van der Waals surface area contributed by atoms with Crippen molar-refractivity contribution >= 4 is 24.4 Å². The number of likely N-dealkylation sites (tertiary alicyclic amines) is 1. The molecule has 0 unspecified atom stereocenters. The third kappa shape index (κ3) is 3.29. The number of piperidine rings is 1. The number of amides is 2. The van der Waals surface area contributed by atoms with Crippen molar-refractivity contribution in [3.8, 4) is 0 Å². The summed E-state index contributed by atoms with van der Waals surface area (Å²) >= 11 is 4.24. The highest BCUT2D eigenvalue weighted by Crippen LogP contribution is 2.20. The van der Waals surface area contributed by atoms with E-state index in [0.717, 1.165) is 17.7 Å². The van der Waals surface area contributed by atoms with Gasteiger partial charge in [0.1, 0.15) is 0 Å². The molecule has 1 aromatic rings. The first kappa shape index (κ1) is 13.9. The van der Waals surface area contributed by atoms with Gasteiger partial charge in [-0.25, -0.2) is 0 Å². The van der Waals surface area contributed by atoms with Crippen molar-refractivity contribution in [3.63, 3.8) is 0 Å². The van der Waals surface area contributed by atoms with E-state index in [4.69, 9.17) is 0 Å². The number of carbonyl (C=O) groups is 2. The van der Waals surface area contributed by atoms with Crippen LogP contribution in [0.2, 0.25) is 0 Å². The van der Waals surface area contributed by atoms with E-state index < -0.39 is 0 Å². The first-order valence-electron chi connectivity index (χ1n) is 6.41. The molecule has 0 spiro atoms. The lowest BCUT2D eigenvalue weighted by Gasteiger charge is -2.31. The Morgan fingerprint density at radius 2 is 2.00 bits per heavy atom. The highest BCUT2D eigenvalue weighted by molar-refractivity contribution is 7.80. The molecular weight excluding hydrogens is 260 g/mol. The SMILES string of the molecule is CNC(=O)C1CCN(C(=O)c2cccc(S)c2)CC1. The van der Waals surface area contributed by atoms with Gasteiger partial charge in [-0.1, -0.05) is 6.07 Å². The zero-order valence-electron chi connectivity index (χ0n) is 10.9. The van der Waals surface area contributed by atoms with Crippen LogP contribution in [0, 0.1) is 5.92 Å². The van der Waals surface area contributed by atoms with Gasteiger partial charge in [0.2, 0.25) is 5.91 Å². The van der Waals surface area contributed by atoms with Crippen LogP contribution >= 0.6 is 12.6 Å². The predicted octanol–water partition coefficient (Wildman–Crippen LogP) is 1.57. The van der Waals surface area contributed by atoms with Crippen molar-refractivity contribution in [2.75, 3.05) is 20.1 Å². The maximum Gasteiger partial charge on any atom is 0.253 e. The lowest BCUT2D eigenvalue weighted by atomic mass is 9.95. The predicted molar refractivity (Wildman–Crippen MR) is 76.4 cm³/mol. The van der Waals surface area contributed by atoms with E-state index in [1.165, 1.54) is 0 Å². The van der Waals surface area contributed by atoms with Gasteiger partial charge in [-0.2, -0.15) is 0 Å². The number of nitrogens with zero attached hydrogens (tertiary/aromatic N) is 1. The first-order valence-corrected chi connectivity index (χ1v) is 6.86. The summed E-state index contributed by atoms with van der Waals surface area (Å²) in [6.07, 6.45) is 1.46. The van der Waals surface area contributed by atoms with Crippen LogP contribution in [0.15, 0.2) is 29.2 Å². The van der Waals surface area contributed by atoms with Gasteiger partial charge in [0.05, 0.1) is 0 Å². The summed E-state index contributed by atoms with van der Waals surface area (Å²) in [4.78, 5) is 26.4. The summed E-state index contributed by atoms with van der Waals surface area (Å²) < 4.78 is 0. The quantitative estimate of drug-likeness (QED) is 0.807. The van der Waals surface area contributed by atoms with Crippen LogP contribution in [0.4, 0.5) is 0 Å². The van der Waals surface area contributed by atoms with Crippen molar-refractivity contribution in [1.29, 1.82) is 0 Å². The lowest BCUT2D eigenvalue weighted by molar-refractivity contribution is -0.125. The molecule has 2 amide bonds. The minimum absolute atomic E-state index is 0.0197. The Hall–Kier alpha value is -1.49. The van der Waals surface area contributed by atoms with Gasteiger partial charge >= 0.3 is 0 Å². The van der Waals surface area contributed by atoms with Crippen molar-refractivity contribution in [2.45, 2.75) is 17.7 Å². The third-order valence-corrected chi connectivity index (χ3v) is 3.77. The molecule has 1 fully saturated rings. The Morgan fingerprint density at radius 1 is 1.32 bits per heavy atom. The van der Waals surface area contributed by atoms with Crippen LogP contribution in [-0.2, 0) is 4.79 Å². The third-order valence-electron chi connectivity index (χ3n) is 3.49. The number of benzene rings is 1. The maximum absolute atomic E-state index is 12.3. The van der Waals surface area contributed by atoms with Gasteiger partial charge in [-0.15, -0.1) is 12.6 Å². The number of carbonyl (C=O) groups excluding carboxylic acids is 2. The monoisotopic (exact) mass is 278 g/mol. The number of rotatable bonds is 2. The molecule has 1 aliphatic rings. The molecule has 102 valence electrons. The van der Waals surface area contributed by atoms with E-state index in [0.29, 0.717) is 18.7 Å². The van der Waals surface area contributed by atoms with Crippen LogP contribution in [0.5, 0.6) is 0 Å². The van der Waals surface area contributed by atoms with E-state index in [-0.39, 0.29) is 17.7 Å². The Kier molecular flexibility index (Phi) is 4.47. The van der Waals surface area contributed by atoms with Crippen molar-refractivity contribution < 1.29 is 9.59 Å². The molecule has 1 aliphatic heterocycles. The van der Waals surface area contributed by atoms with Gasteiger partial charge in [-0.05, 0) is 31.0 Å². The topological polar surface area (TPSA) is 49.4 Å². The van der Waals surface area contributed by atoms with Crippen LogP contribution in [0.25, 0.3) is 0 Å². The van der Waals surface area contributed by atoms with Gasteiger partial charge < -0.3 is 10.2 Å². The summed E-state index contributed by atoms with van der Waals surface area (Å²) in [5.74, 6) is 0.126. The highest BCUT2D eigenvalue weighted by atomic mass is 32.1. The summed E-state index contributed by atoms with van der Waals surface area (Å²) in [6, 6.07) is 7.24. The summed E-state index contributed by atoms with van der Waals surface area (Å²) in [5, 5.41) is 2.67. The number of hydrogen-bond donors (Lipinski definition) is 2. The van der Waals surface area contributed by atoms with Gasteiger partial charge in [-0.3, -0.25) is 9.59 Å². The molecule has 1 N–H and O–H groups in total. The van der Waals surface area contributed by atoms with E-state index in [9.17, 15) is 9.59 Å². The Balaban J connectivity index is 1.98. The largest absolute Gasteiger partial charge is 0.359 e. The van der Waals surface area contributed by atoms with Crippen molar-refractivity contribution in [2.24, 2.45) is 5.92 Å². The number of nitrogens with one attached hydrogen (secondary N) is 1. The van der Waals surface area contributed by atoms with Gasteiger partial charge in [0.15, 0.2) is 0 Å². The van der Waals surface area contributed by atoms with Crippen molar-refractivity contribution in [1.82, 2.24) is 10.2 Å². The average molecular weight is 278 g/mol. The molecule has 0 saturated carbocycles. The number of hydrogen-bond acceptors (Lipinski definition) is 3. The lowest BCUT2D eigenvalue weighted by Crippen LogP contribution is -2.42. The molecule has 19 heavy (non-hydrogen) atoms. The van der Waals surface area contributed by atoms with Gasteiger partial charge in [0, 0.05) is 36.5 Å². The zero-order chi connectivity index (χ0) is 13.8. The minimum Gasteiger partial charge on any atom is -0.359 e. The second kappa shape index (κ2) is 6.10. The normalized spacial score (nSPS) is 16.2. The molecule has 1 aromatic carbocycles. The number of thiol groups is 1. The fourth-order valence-electron chi connectivity index (χ4n) is 2.37. The maximum atomic E-state index is 12.3. The molecule has 5 heteroatoms. The molecule has 1 saturated heterocycles. The first-order chi connectivity index (χ1) is 9.11. The highest BCUT2D eigenvalue weighted by Gasteiger charge is 2.27. The van der Waals surface area contributed by atoms with Crippen LogP contribution in [0.3, 0.4) is 0 Å².